The number of nitrogens with zero attached hydrogens (tertiary/aromatic N) is 1. The van der Waals surface area contributed by atoms with Crippen LogP contribution < -0.4 is 0 Å². The van der Waals surface area contributed by atoms with E-state index < -0.39 is 41.9 Å². The van der Waals surface area contributed by atoms with Gasteiger partial charge in [-0.25, -0.2) is 13.8 Å². The number of hydrogen-bond donors (Lipinski definition) is 1. The summed E-state index contributed by atoms with van der Waals surface area (Å²) in [7, 11) is 0. The van der Waals surface area contributed by atoms with Gasteiger partial charge in [0.2, 0.25) is 0 Å². The Balaban J connectivity index is 3.50. The molecule has 0 unspecified atom stereocenters. The highest BCUT2D eigenvalue weighted by atomic mass is 79.9. The SMILES string of the molecule is O=C(O)Cc1cc(CBr)c(C(F)F)c(C(F)(F)F)n1. The molecule has 0 aromatic carbocycles. The first-order chi connectivity index (χ1) is 8.66. The van der Waals surface area contributed by atoms with Crippen LogP contribution in [0.2, 0.25) is 0 Å². The zero-order valence-electron chi connectivity index (χ0n) is 9.14. The van der Waals surface area contributed by atoms with Gasteiger partial charge in [-0.3, -0.25) is 4.79 Å². The lowest BCUT2D eigenvalue weighted by molar-refractivity contribution is -0.144. The van der Waals surface area contributed by atoms with Crippen LogP contribution >= 0.6 is 15.9 Å². The Morgan fingerprint density at radius 1 is 1.42 bits per heavy atom. The maximum atomic E-state index is 12.7. The molecule has 9 heteroatoms. The van der Waals surface area contributed by atoms with Crippen molar-refractivity contribution in [1.29, 1.82) is 0 Å². The van der Waals surface area contributed by atoms with E-state index in [9.17, 15) is 26.7 Å². The van der Waals surface area contributed by atoms with Gasteiger partial charge in [-0.2, -0.15) is 13.2 Å². The van der Waals surface area contributed by atoms with Crippen molar-refractivity contribution >= 4 is 21.9 Å². The van der Waals surface area contributed by atoms with Gasteiger partial charge in [0, 0.05) is 5.33 Å². The average molecular weight is 348 g/mol. The Morgan fingerprint density at radius 2 is 2.00 bits per heavy atom. The molecule has 3 nitrogen and oxygen atoms in total. The third kappa shape index (κ3) is 3.85. The van der Waals surface area contributed by atoms with Crippen molar-refractivity contribution in [3.05, 3.63) is 28.6 Å². The standard InChI is InChI=1S/C10H7BrF5NO2/c11-3-4-1-5(2-6(18)19)17-8(10(14,15)16)7(4)9(12)13/h1,9H,2-3H2,(H,18,19). The summed E-state index contributed by atoms with van der Waals surface area (Å²) in [6.07, 6.45) is -9.19. The molecule has 1 heterocycles. The van der Waals surface area contributed by atoms with Crippen LogP contribution in [0.5, 0.6) is 0 Å². The highest BCUT2D eigenvalue weighted by Gasteiger charge is 2.39. The van der Waals surface area contributed by atoms with E-state index in [0.717, 1.165) is 6.07 Å². The summed E-state index contributed by atoms with van der Waals surface area (Å²) >= 11 is 2.80. The van der Waals surface area contributed by atoms with Gasteiger partial charge >= 0.3 is 12.1 Å². The molecule has 0 saturated heterocycles. The normalized spacial score (nSPS) is 11.9. The molecule has 1 aromatic rings. The van der Waals surface area contributed by atoms with Crippen LogP contribution in [0.3, 0.4) is 0 Å². The minimum atomic E-state index is -5.07. The molecule has 106 valence electrons. The molecule has 0 fully saturated rings. The van der Waals surface area contributed by atoms with Crippen LogP contribution in [0, 0.1) is 0 Å². The van der Waals surface area contributed by atoms with Crippen LogP contribution in [-0.4, -0.2) is 16.1 Å². The van der Waals surface area contributed by atoms with Gasteiger partial charge in [0.15, 0.2) is 5.69 Å². The van der Waals surface area contributed by atoms with Crippen LogP contribution in [0.25, 0.3) is 0 Å². The first-order valence-electron chi connectivity index (χ1n) is 4.82. The van der Waals surface area contributed by atoms with Crippen molar-refractivity contribution in [3.8, 4) is 0 Å². The van der Waals surface area contributed by atoms with E-state index in [-0.39, 0.29) is 10.9 Å². The second-order valence-corrected chi connectivity index (χ2v) is 4.10. The highest BCUT2D eigenvalue weighted by Crippen LogP contribution is 2.37. The van der Waals surface area contributed by atoms with E-state index in [2.05, 4.69) is 20.9 Å². The smallest absolute Gasteiger partial charge is 0.433 e. The molecule has 1 N–H and O–H groups in total. The van der Waals surface area contributed by atoms with Crippen LogP contribution in [-0.2, 0) is 22.7 Å². The van der Waals surface area contributed by atoms with Crippen molar-refractivity contribution < 1.29 is 31.9 Å². The largest absolute Gasteiger partial charge is 0.481 e. The molecule has 0 amide bonds. The number of alkyl halides is 6. The summed E-state index contributed by atoms with van der Waals surface area (Å²) in [4.78, 5) is 13.5. The maximum absolute atomic E-state index is 12.7. The topological polar surface area (TPSA) is 50.2 Å². The van der Waals surface area contributed by atoms with E-state index in [1.54, 1.807) is 0 Å². The molecule has 0 saturated carbocycles. The summed E-state index contributed by atoms with van der Waals surface area (Å²) in [6.45, 7) is 0. The summed E-state index contributed by atoms with van der Waals surface area (Å²) in [5, 5.41) is 8.26. The van der Waals surface area contributed by atoms with Crippen molar-refractivity contribution in [2.24, 2.45) is 0 Å². The lowest BCUT2D eigenvalue weighted by Crippen LogP contribution is -2.17. The molecule has 0 aliphatic heterocycles. The van der Waals surface area contributed by atoms with Gasteiger partial charge in [-0.1, -0.05) is 15.9 Å². The van der Waals surface area contributed by atoms with Gasteiger partial charge < -0.3 is 5.11 Å². The zero-order valence-corrected chi connectivity index (χ0v) is 10.7. The number of carboxylic acids is 1. The third-order valence-electron chi connectivity index (χ3n) is 2.16. The third-order valence-corrected chi connectivity index (χ3v) is 2.76. The summed E-state index contributed by atoms with van der Waals surface area (Å²) in [5.74, 6) is -1.40. The molecule has 0 radical (unpaired) electrons. The van der Waals surface area contributed by atoms with Crippen molar-refractivity contribution in [2.45, 2.75) is 24.4 Å². The van der Waals surface area contributed by atoms with E-state index in [1.807, 2.05) is 0 Å². The number of halogens is 6. The fraction of sp³-hybridized carbons (Fsp3) is 0.400. The van der Waals surface area contributed by atoms with Crippen molar-refractivity contribution in [2.75, 3.05) is 0 Å². The van der Waals surface area contributed by atoms with Crippen molar-refractivity contribution in [3.63, 3.8) is 0 Å². The second-order valence-electron chi connectivity index (χ2n) is 3.54. The van der Waals surface area contributed by atoms with Gasteiger partial charge in [0.05, 0.1) is 17.7 Å². The number of pyridine rings is 1. The van der Waals surface area contributed by atoms with Gasteiger partial charge in [0.25, 0.3) is 6.43 Å². The van der Waals surface area contributed by atoms with Crippen molar-refractivity contribution in [1.82, 2.24) is 4.98 Å². The second kappa shape index (κ2) is 5.81. The van der Waals surface area contributed by atoms with Crippen LogP contribution in [0.4, 0.5) is 22.0 Å². The molecular weight excluding hydrogens is 341 g/mol. The number of aliphatic carboxylic acids is 1. The first-order valence-corrected chi connectivity index (χ1v) is 5.94. The average Bonchev–Trinajstić information content (AvgIpc) is 2.25. The quantitative estimate of drug-likeness (QED) is 0.669. The van der Waals surface area contributed by atoms with Gasteiger partial charge in [-0.05, 0) is 11.6 Å². The summed E-state index contributed by atoms with van der Waals surface area (Å²) in [6, 6.07) is 0.930. The van der Waals surface area contributed by atoms with E-state index in [1.165, 1.54) is 0 Å². The highest BCUT2D eigenvalue weighted by molar-refractivity contribution is 9.08. The number of hydrogen-bond acceptors (Lipinski definition) is 2. The Morgan fingerprint density at radius 3 is 2.37 bits per heavy atom. The Bertz CT molecular complexity index is 490. The summed E-state index contributed by atoms with van der Waals surface area (Å²) in [5.41, 5.74) is -3.71. The van der Waals surface area contributed by atoms with Crippen LogP contribution in [0.15, 0.2) is 6.07 Å². The molecular formula is C10H7BrF5NO2. The molecule has 1 aromatic heterocycles. The lowest BCUT2D eigenvalue weighted by Gasteiger charge is -2.16. The molecule has 1 rings (SSSR count). The minimum absolute atomic E-state index is 0.259. The first kappa shape index (κ1) is 15.8. The van der Waals surface area contributed by atoms with Crippen LogP contribution in [0.1, 0.15) is 28.9 Å². The predicted octanol–water partition coefficient (Wildman–Crippen LogP) is 3.56. The molecule has 0 atom stereocenters. The van der Waals surface area contributed by atoms with E-state index in [0.29, 0.717) is 0 Å². The number of aromatic nitrogens is 1. The minimum Gasteiger partial charge on any atom is -0.481 e. The molecule has 0 aliphatic carbocycles. The molecule has 0 aliphatic rings. The Labute approximate surface area is 112 Å². The van der Waals surface area contributed by atoms with E-state index >= 15 is 0 Å². The molecule has 19 heavy (non-hydrogen) atoms. The lowest BCUT2D eigenvalue weighted by atomic mass is 10.0. The number of rotatable bonds is 4. The molecule has 0 spiro atoms. The Hall–Kier alpha value is -1.25. The monoisotopic (exact) mass is 347 g/mol. The maximum Gasteiger partial charge on any atom is 0.433 e. The van der Waals surface area contributed by atoms with Gasteiger partial charge in [0.1, 0.15) is 0 Å². The fourth-order valence-electron chi connectivity index (χ4n) is 1.48. The number of carbonyl (C=O) groups is 1. The number of carboxylic acid groups (broad SMARTS) is 1. The fourth-order valence-corrected chi connectivity index (χ4v) is 1.95. The van der Waals surface area contributed by atoms with E-state index in [4.69, 9.17) is 5.11 Å². The van der Waals surface area contributed by atoms with Gasteiger partial charge in [-0.15, -0.1) is 0 Å². The zero-order chi connectivity index (χ0) is 14.8. The Kier molecular flexibility index (Phi) is 4.83. The molecule has 0 bridgehead atoms. The predicted molar refractivity (Wildman–Crippen MR) is 58.2 cm³/mol. The summed E-state index contributed by atoms with van der Waals surface area (Å²) < 4.78 is 63.5.